The molecule has 2 aromatic rings. The van der Waals surface area contributed by atoms with Gasteiger partial charge in [0, 0.05) is 12.1 Å². The summed E-state index contributed by atoms with van der Waals surface area (Å²) in [5.74, 6) is 1.35. The van der Waals surface area contributed by atoms with Gasteiger partial charge in [-0.25, -0.2) is 0 Å². The largest absolute Gasteiger partial charge is 0.497 e. The van der Waals surface area contributed by atoms with Gasteiger partial charge in [0.25, 0.3) is 0 Å². The normalized spacial score (nSPS) is 9.74. The molecule has 5 heteroatoms. The predicted molar refractivity (Wildman–Crippen MR) is 87.5 cm³/mol. The fourth-order valence-corrected chi connectivity index (χ4v) is 2.02. The lowest BCUT2D eigenvalue weighted by Crippen LogP contribution is -2.12. The number of nitrogens with zero attached hydrogens (tertiary/aromatic N) is 1. The Kier molecular flexibility index (Phi) is 6.01. The number of rotatable bonds is 7. The van der Waals surface area contributed by atoms with Crippen molar-refractivity contribution in [1.82, 2.24) is 0 Å². The van der Waals surface area contributed by atoms with Crippen LogP contribution in [0.15, 0.2) is 48.5 Å². The SMILES string of the molecule is COc1ccc(CCC(=O)Nc2ccc(OCC#N)cc2)cc1. The van der Waals surface area contributed by atoms with Gasteiger partial charge in [-0.15, -0.1) is 0 Å². The van der Waals surface area contributed by atoms with Gasteiger partial charge in [-0.2, -0.15) is 5.26 Å². The molecule has 0 aliphatic carbocycles. The van der Waals surface area contributed by atoms with E-state index < -0.39 is 0 Å². The maximum Gasteiger partial charge on any atom is 0.224 e. The summed E-state index contributed by atoms with van der Waals surface area (Å²) in [4.78, 5) is 12.0. The van der Waals surface area contributed by atoms with E-state index in [-0.39, 0.29) is 12.5 Å². The first kappa shape index (κ1) is 16.4. The van der Waals surface area contributed by atoms with Gasteiger partial charge in [0.15, 0.2) is 6.61 Å². The molecule has 23 heavy (non-hydrogen) atoms. The zero-order chi connectivity index (χ0) is 16.5. The monoisotopic (exact) mass is 310 g/mol. The highest BCUT2D eigenvalue weighted by Crippen LogP contribution is 2.16. The van der Waals surface area contributed by atoms with Crippen LogP contribution in [-0.2, 0) is 11.2 Å². The van der Waals surface area contributed by atoms with Crippen LogP contribution in [0, 0.1) is 11.3 Å². The Hall–Kier alpha value is -3.00. The Morgan fingerprint density at radius 3 is 2.35 bits per heavy atom. The third-order valence-electron chi connectivity index (χ3n) is 3.24. The van der Waals surface area contributed by atoms with Crippen molar-refractivity contribution in [2.24, 2.45) is 0 Å². The van der Waals surface area contributed by atoms with Gasteiger partial charge in [-0.3, -0.25) is 4.79 Å². The molecule has 0 spiro atoms. The fraction of sp³-hybridized carbons (Fsp3) is 0.222. The van der Waals surface area contributed by atoms with Crippen molar-refractivity contribution in [3.8, 4) is 17.6 Å². The molecule has 0 atom stereocenters. The van der Waals surface area contributed by atoms with Crippen LogP contribution in [0.1, 0.15) is 12.0 Å². The number of methoxy groups -OCH3 is 1. The van der Waals surface area contributed by atoms with Gasteiger partial charge in [0.1, 0.15) is 17.6 Å². The maximum atomic E-state index is 12.0. The van der Waals surface area contributed by atoms with Crippen LogP contribution in [-0.4, -0.2) is 19.6 Å². The van der Waals surface area contributed by atoms with Crippen LogP contribution < -0.4 is 14.8 Å². The number of anilines is 1. The second kappa shape index (κ2) is 8.44. The Labute approximate surface area is 135 Å². The summed E-state index contributed by atoms with van der Waals surface area (Å²) in [5.41, 5.74) is 1.79. The molecule has 5 nitrogen and oxygen atoms in total. The Morgan fingerprint density at radius 1 is 1.09 bits per heavy atom. The molecule has 0 fully saturated rings. The van der Waals surface area contributed by atoms with Crippen molar-refractivity contribution < 1.29 is 14.3 Å². The van der Waals surface area contributed by atoms with Crippen molar-refractivity contribution in [2.75, 3.05) is 19.0 Å². The van der Waals surface area contributed by atoms with E-state index in [0.717, 1.165) is 11.3 Å². The van der Waals surface area contributed by atoms with Crippen LogP contribution >= 0.6 is 0 Å². The number of benzene rings is 2. The van der Waals surface area contributed by atoms with E-state index in [9.17, 15) is 4.79 Å². The first-order chi connectivity index (χ1) is 11.2. The van der Waals surface area contributed by atoms with Gasteiger partial charge in [-0.1, -0.05) is 12.1 Å². The minimum Gasteiger partial charge on any atom is -0.497 e. The van der Waals surface area contributed by atoms with Crippen LogP contribution in [0.2, 0.25) is 0 Å². The molecule has 1 amide bonds. The Balaban J connectivity index is 1.80. The molecule has 0 aliphatic rings. The minimum absolute atomic E-state index is 0.00751. The minimum atomic E-state index is -0.0495. The van der Waals surface area contributed by atoms with E-state index in [4.69, 9.17) is 14.7 Å². The smallest absolute Gasteiger partial charge is 0.224 e. The molecule has 0 radical (unpaired) electrons. The highest BCUT2D eigenvalue weighted by atomic mass is 16.5. The summed E-state index contributed by atoms with van der Waals surface area (Å²) < 4.78 is 10.3. The number of carbonyl (C=O) groups excluding carboxylic acids is 1. The molecule has 118 valence electrons. The molecule has 0 saturated heterocycles. The predicted octanol–water partition coefficient (Wildman–Crippen LogP) is 3.17. The van der Waals surface area contributed by atoms with Crippen molar-refractivity contribution in [1.29, 1.82) is 5.26 Å². The van der Waals surface area contributed by atoms with E-state index in [2.05, 4.69) is 5.32 Å². The summed E-state index contributed by atoms with van der Waals surface area (Å²) in [6.07, 6.45) is 1.07. The molecule has 2 rings (SSSR count). The van der Waals surface area contributed by atoms with E-state index in [1.165, 1.54) is 0 Å². The zero-order valence-corrected chi connectivity index (χ0v) is 12.9. The Morgan fingerprint density at radius 2 is 1.74 bits per heavy atom. The molecule has 0 saturated carbocycles. The van der Waals surface area contributed by atoms with Gasteiger partial charge < -0.3 is 14.8 Å². The van der Waals surface area contributed by atoms with Crippen molar-refractivity contribution in [2.45, 2.75) is 12.8 Å². The molecule has 0 heterocycles. The van der Waals surface area contributed by atoms with Crippen LogP contribution in [0.4, 0.5) is 5.69 Å². The summed E-state index contributed by atoms with van der Waals surface area (Å²) in [6.45, 7) is 0.00751. The molecule has 2 aromatic carbocycles. The maximum absolute atomic E-state index is 12.0. The number of nitriles is 1. The lowest BCUT2D eigenvalue weighted by atomic mass is 10.1. The molecule has 0 bridgehead atoms. The molecule has 1 N–H and O–H groups in total. The van der Waals surface area contributed by atoms with Crippen LogP contribution in [0.5, 0.6) is 11.5 Å². The lowest BCUT2D eigenvalue weighted by Gasteiger charge is -2.07. The highest BCUT2D eigenvalue weighted by Gasteiger charge is 2.04. The van der Waals surface area contributed by atoms with Gasteiger partial charge in [0.2, 0.25) is 5.91 Å². The van der Waals surface area contributed by atoms with Gasteiger partial charge in [0.05, 0.1) is 7.11 Å². The van der Waals surface area contributed by atoms with E-state index >= 15 is 0 Å². The summed E-state index contributed by atoms with van der Waals surface area (Å²) in [7, 11) is 1.62. The molecule has 0 unspecified atom stereocenters. The second-order valence-electron chi connectivity index (χ2n) is 4.87. The quantitative estimate of drug-likeness (QED) is 0.852. The number of amides is 1. The second-order valence-corrected chi connectivity index (χ2v) is 4.87. The number of hydrogen-bond donors (Lipinski definition) is 1. The van der Waals surface area contributed by atoms with Crippen molar-refractivity contribution in [3.63, 3.8) is 0 Å². The first-order valence-electron chi connectivity index (χ1n) is 7.24. The Bertz CT molecular complexity index is 673. The average Bonchev–Trinajstić information content (AvgIpc) is 2.60. The molecule has 0 aromatic heterocycles. The average molecular weight is 310 g/mol. The number of ether oxygens (including phenoxy) is 2. The lowest BCUT2D eigenvalue weighted by molar-refractivity contribution is -0.116. The molecular formula is C18H18N2O3. The highest BCUT2D eigenvalue weighted by molar-refractivity contribution is 5.90. The third kappa shape index (κ3) is 5.36. The number of nitrogens with one attached hydrogen (secondary N) is 1. The topological polar surface area (TPSA) is 71.3 Å². The molecular weight excluding hydrogens is 292 g/mol. The van der Waals surface area contributed by atoms with Crippen LogP contribution in [0.3, 0.4) is 0 Å². The first-order valence-corrected chi connectivity index (χ1v) is 7.24. The number of aryl methyl sites for hydroxylation is 1. The van der Waals surface area contributed by atoms with Crippen molar-refractivity contribution >= 4 is 11.6 Å². The summed E-state index contributed by atoms with van der Waals surface area (Å²) in [5, 5.41) is 11.3. The fourth-order valence-electron chi connectivity index (χ4n) is 2.02. The van der Waals surface area contributed by atoms with Gasteiger partial charge in [-0.05, 0) is 48.4 Å². The summed E-state index contributed by atoms with van der Waals surface area (Å²) >= 11 is 0. The zero-order valence-electron chi connectivity index (χ0n) is 12.9. The standard InChI is InChI=1S/C18H18N2O3/c1-22-16-7-2-14(3-8-16)4-11-18(21)20-15-5-9-17(10-6-15)23-13-12-19/h2-3,5-10H,4,11,13H2,1H3,(H,20,21). The third-order valence-corrected chi connectivity index (χ3v) is 3.24. The van der Waals surface area contributed by atoms with E-state index in [0.29, 0.717) is 24.3 Å². The number of carbonyl (C=O) groups is 1. The van der Waals surface area contributed by atoms with Crippen molar-refractivity contribution in [3.05, 3.63) is 54.1 Å². The van der Waals surface area contributed by atoms with E-state index in [1.54, 1.807) is 31.4 Å². The van der Waals surface area contributed by atoms with Crippen LogP contribution in [0.25, 0.3) is 0 Å². The summed E-state index contributed by atoms with van der Waals surface area (Å²) in [6, 6.07) is 16.5. The van der Waals surface area contributed by atoms with Gasteiger partial charge >= 0.3 is 0 Å². The number of hydrogen-bond acceptors (Lipinski definition) is 4. The molecule has 0 aliphatic heterocycles. The van der Waals surface area contributed by atoms with E-state index in [1.807, 2.05) is 30.3 Å².